The summed E-state index contributed by atoms with van der Waals surface area (Å²) < 4.78 is 1.71. The summed E-state index contributed by atoms with van der Waals surface area (Å²) in [4.78, 5) is 12.1. The Morgan fingerprint density at radius 2 is 2.41 bits per heavy atom. The second kappa shape index (κ2) is 4.87. The van der Waals surface area contributed by atoms with Crippen LogP contribution in [0.1, 0.15) is 25.5 Å². The molecule has 0 aromatic carbocycles. The van der Waals surface area contributed by atoms with Crippen molar-refractivity contribution in [2.24, 2.45) is 13.0 Å². The number of rotatable bonds is 2. The molecule has 5 heteroatoms. The Hall–Kier alpha value is -1.36. The molecule has 17 heavy (non-hydrogen) atoms. The number of carbonyl (C=O) groups is 1. The molecule has 1 saturated heterocycles. The standard InChI is InChI=1S/C12H20N4O/c1-8-4-5-13-10(6-8)12(17)14-11-7-16(3)15-9(11)2/h7-8,10,13H,4-6H2,1-3H3,(H,14,17). The Bertz CT molecular complexity index is 413. The molecule has 0 radical (unpaired) electrons. The molecule has 1 aromatic heterocycles. The minimum Gasteiger partial charge on any atom is -0.322 e. The molecule has 5 nitrogen and oxygen atoms in total. The highest BCUT2D eigenvalue weighted by Gasteiger charge is 2.25. The second-order valence-corrected chi connectivity index (χ2v) is 4.93. The maximum absolute atomic E-state index is 12.1. The molecular formula is C12H20N4O. The zero-order valence-electron chi connectivity index (χ0n) is 10.7. The number of amides is 1. The maximum Gasteiger partial charge on any atom is 0.241 e. The third kappa shape index (κ3) is 2.85. The summed E-state index contributed by atoms with van der Waals surface area (Å²) in [5.41, 5.74) is 1.65. The maximum atomic E-state index is 12.1. The Morgan fingerprint density at radius 3 is 3.00 bits per heavy atom. The number of aryl methyl sites for hydroxylation is 2. The lowest BCUT2D eigenvalue weighted by Crippen LogP contribution is -2.45. The molecule has 0 saturated carbocycles. The molecule has 2 rings (SSSR count). The lowest BCUT2D eigenvalue weighted by atomic mass is 9.94. The first kappa shape index (κ1) is 12.1. The summed E-state index contributed by atoms with van der Waals surface area (Å²) >= 11 is 0. The SMILES string of the molecule is Cc1nn(C)cc1NC(=O)C1CC(C)CCN1. The van der Waals surface area contributed by atoms with E-state index in [1.54, 1.807) is 4.68 Å². The number of nitrogens with zero attached hydrogens (tertiary/aromatic N) is 2. The molecule has 1 amide bonds. The summed E-state index contributed by atoms with van der Waals surface area (Å²) in [6.07, 6.45) is 3.89. The van der Waals surface area contributed by atoms with Gasteiger partial charge in [0.1, 0.15) is 0 Å². The van der Waals surface area contributed by atoms with Crippen LogP contribution in [0.3, 0.4) is 0 Å². The van der Waals surface area contributed by atoms with E-state index in [0.29, 0.717) is 5.92 Å². The van der Waals surface area contributed by atoms with Crippen LogP contribution in [0.4, 0.5) is 5.69 Å². The molecule has 1 aliphatic rings. The van der Waals surface area contributed by atoms with Crippen molar-refractivity contribution < 1.29 is 4.79 Å². The van der Waals surface area contributed by atoms with Gasteiger partial charge < -0.3 is 10.6 Å². The van der Waals surface area contributed by atoms with Crippen molar-refractivity contribution in [2.45, 2.75) is 32.7 Å². The molecule has 0 spiro atoms. The fourth-order valence-electron chi connectivity index (χ4n) is 2.25. The van der Waals surface area contributed by atoms with E-state index in [0.717, 1.165) is 30.8 Å². The van der Waals surface area contributed by atoms with E-state index < -0.39 is 0 Å². The van der Waals surface area contributed by atoms with Crippen molar-refractivity contribution in [1.29, 1.82) is 0 Å². The molecule has 1 aliphatic heterocycles. The van der Waals surface area contributed by atoms with E-state index in [4.69, 9.17) is 0 Å². The molecule has 2 unspecified atom stereocenters. The second-order valence-electron chi connectivity index (χ2n) is 4.93. The molecule has 2 atom stereocenters. The largest absolute Gasteiger partial charge is 0.322 e. The molecular weight excluding hydrogens is 216 g/mol. The van der Waals surface area contributed by atoms with Gasteiger partial charge in [-0.25, -0.2) is 0 Å². The first-order chi connectivity index (χ1) is 8.06. The monoisotopic (exact) mass is 236 g/mol. The number of anilines is 1. The molecule has 0 bridgehead atoms. The highest BCUT2D eigenvalue weighted by molar-refractivity contribution is 5.95. The van der Waals surface area contributed by atoms with Crippen LogP contribution < -0.4 is 10.6 Å². The summed E-state index contributed by atoms with van der Waals surface area (Å²) in [5, 5.41) is 10.4. The Morgan fingerprint density at radius 1 is 1.65 bits per heavy atom. The third-order valence-corrected chi connectivity index (χ3v) is 3.25. The predicted octanol–water partition coefficient (Wildman–Crippen LogP) is 1.06. The van der Waals surface area contributed by atoms with Gasteiger partial charge in [-0.3, -0.25) is 9.48 Å². The number of aromatic nitrogens is 2. The van der Waals surface area contributed by atoms with Gasteiger partial charge in [-0.05, 0) is 32.2 Å². The summed E-state index contributed by atoms with van der Waals surface area (Å²) in [6, 6.07) is -0.0710. The smallest absolute Gasteiger partial charge is 0.241 e. The van der Waals surface area contributed by atoms with E-state index in [2.05, 4.69) is 22.7 Å². The Balaban J connectivity index is 1.99. The van der Waals surface area contributed by atoms with Gasteiger partial charge in [-0.1, -0.05) is 6.92 Å². The van der Waals surface area contributed by atoms with Crippen molar-refractivity contribution in [3.8, 4) is 0 Å². The number of piperidine rings is 1. The van der Waals surface area contributed by atoms with Gasteiger partial charge in [-0.2, -0.15) is 5.10 Å². The Kier molecular flexibility index (Phi) is 3.47. The van der Waals surface area contributed by atoms with Gasteiger partial charge in [0.15, 0.2) is 0 Å². The van der Waals surface area contributed by atoms with Crippen molar-refractivity contribution >= 4 is 11.6 Å². The molecule has 0 aliphatic carbocycles. The summed E-state index contributed by atoms with van der Waals surface area (Å²) in [5.74, 6) is 0.662. The third-order valence-electron chi connectivity index (χ3n) is 3.25. The van der Waals surface area contributed by atoms with Gasteiger partial charge in [-0.15, -0.1) is 0 Å². The van der Waals surface area contributed by atoms with Crippen LogP contribution in [-0.4, -0.2) is 28.3 Å². The van der Waals surface area contributed by atoms with E-state index >= 15 is 0 Å². The molecule has 1 fully saturated rings. The number of carbonyl (C=O) groups excluding carboxylic acids is 1. The lowest BCUT2D eigenvalue weighted by molar-refractivity contribution is -0.119. The van der Waals surface area contributed by atoms with Gasteiger partial charge in [0, 0.05) is 13.2 Å². The van der Waals surface area contributed by atoms with Gasteiger partial charge in [0.25, 0.3) is 0 Å². The molecule has 1 aromatic rings. The summed E-state index contributed by atoms with van der Waals surface area (Å²) in [7, 11) is 1.85. The van der Waals surface area contributed by atoms with Crippen LogP contribution in [0.15, 0.2) is 6.20 Å². The highest BCUT2D eigenvalue weighted by Crippen LogP contribution is 2.17. The predicted molar refractivity (Wildman–Crippen MR) is 66.8 cm³/mol. The minimum absolute atomic E-state index is 0.0488. The van der Waals surface area contributed by atoms with Crippen LogP contribution in [-0.2, 0) is 11.8 Å². The first-order valence-corrected chi connectivity index (χ1v) is 6.10. The van der Waals surface area contributed by atoms with Crippen molar-refractivity contribution in [1.82, 2.24) is 15.1 Å². The van der Waals surface area contributed by atoms with Crippen molar-refractivity contribution in [2.75, 3.05) is 11.9 Å². The van der Waals surface area contributed by atoms with Crippen molar-refractivity contribution in [3.63, 3.8) is 0 Å². The fourth-order valence-corrected chi connectivity index (χ4v) is 2.25. The highest BCUT2D eigenvalue weighted by atomic mass is 16.2. The van der Waals surface area contributed by atoms with Crippen molar-refractivity contribution in [3.05, 3.63) is 11.9 Å². The lowest BCUT2D eigenvalue weighted by Gasteiger charge is -2.27. The zero-order chi connectivity index (χ0) is 12.4. The van der Waals surface area contributed by atoms with Gasteiger partial charge in [0.05, 0.1) is 17.4 Å². The van der Waals surface area contributed by atoms with Gasteiger partial charge >= 0.3 is 0 Å². The number of hydrogen-bond acceptors (Lipinski definition) is 3. The summed E-state index contributed by atoms with van der Waals surface area (Å²) in [6.45, 7) is 5.01. The number of nitrogens with one attached hydrogen (secondary N) is 2. The molecule has 2 N–H and O–H groups in total. The van der Waals surface area contributed by atoms with Crippen LogP contribution in [0, 0.1) is 12.8 Å². The van der Waals surface area contributed by atoms with E-state index in [1.807, 2.05) is 20.2 Å². The molecule has 2 heterocycles. The average Bonchev–Trinajstić information content (AvgIpc) is 2.57. The normalized spacial score (nSPS) is 24.6. The Labute approximate surface area is 102 Å². The van der Waals surface area contributed by atoms with Crippen LogP contribution >= 0.6 is 0 Å². The zero-order valence-corrected chi connectivity index (χ0v) is 10.7. The van der Waals surface area contributed by atoms with E-state index in [1.165, 1.54) is 0 Å². The first-order valence-electron chi connectivity index (χ1n) is 6.10. The number of hydrogen-bond donors (Lipinski definition) is 2. The van der Waals surface area contributed by atoms with E-state index in [-0.39, 0.29) is 11.9 Å². The van der Waals surface area contributed by atoms with Crippen LogP contribution in [0.2, 0.25) is 0 Å². The minimum atomic E-state index is -0.0710. The van der Waals surface area contributed by atoms with Gasteiger partial charge in [0.2, 0.25) is 5.91 Å². The fraction of sp³-hybridized carbons (Fsp3) is 0.667. The molecule has 94 valence electrons. The van der Waals surface area contributed by atoms with E-state index in [9.17, 15) is 4.79 Å². The quantitative estimate of drug-likeness (QED) is 0.807. The van der Waals surface area contributed by atoms with Crippen LogP contribution in [0.25, 0.3) is 0 Å². The topological polar surface area (TPSA) is 59.0 Å². The van der Waals surface area contributed by atoms with Crippen LogP contribution in [0.5, 0.6) is 0 Å². The average molecular weight is 236 g/mol.